The van der Waals surface area contributed by atoms with Crippen LogP contribution in [0.2, 0.25) is 0 Å². The standard InChI is InChI=1S/C10H12F3NO/c11-9-3-1-8(2-4-9)5-14-6-10(12,13)7-15/h1-4,14-15H,5-7H2. The molecule has 0 aromatic heterocycles. The molecule has 0 radical (unpaired) electrons. The van der Waals surface area contributed by atoms with E-state index in [4.69, 9.17) is 5.11 Å². The van der Waals surface area contributed by atoms with E-state index in [1.807, 2.05) is 0 Å². The molecular formula is C10H12F3NO. The SMILES string of the molecule is OCC(F)(F)CNCc1ccc(F)cc1. The molecule has 0 fully saturated rings. The molecule has 5 heteroatoms. The molecule has 0 saturated heterocycles. The van der Waals surface area contributed by atoms with Crippen LogP contribution in [0.3, 0.4) is 0 Å². The fourth-order valence-electron chi connectivity index (χ4n) is 1.05. The van der Waals surface area contributed by atoms with Crippen LogP contribution in [0.5, 0.6) is 0 Å². The molecule has 1 aromatic rings. The molecule has 0 aliphatic rings. The minimum atomic E-state index is -3.11. The molecule has 15 heavy (non-hydrogen) atoms. The Balaban J connectivity index is 2.35. The highest BCUT2D eigenvalue weighted by atomic mass is 19.3. The highest BCUT2D eigenvalue weighted by molar-refractivity contribution is 5.15. The minimum Gasteiger partial charge on any atom is -0.390 e. The van der Waals surface area contributed by atoms with Crippen LogP contribution >= 0.6 is 0 Å². The third-order valence-corrected chi connectivity index (χ3v) is 1.86. The second-order valence-electron chi connectivity index (χ2n) is 3.24. The summed E-state index contributed by atoms with van der Waals surface area (Å²) in [6, 6.07) is 5.56. The number of benzene rings is 1. The van der Waals surface area contributed by atoms with Crippen LogP contribution in [0.15, 0.2) is 24.3 Å². The number of nitrogens with one attached hydrogen (secondary N) is 1. The summed E-state index contributed by atoms with van der Waals surface area (Å²) >= 11 is 0. The summed E-state index contributed by atoms with van der Waals surface area (Å²) in [6.45, 7) is -1.56. The first-order valence-corrected chi connectivity index (χ1v) is 4.47. The molecule has 0 aliphatic carbocycles. The molecule has 0 atom stereocenters. The van der Waals surface area contributed by atoms with Gasteiger partial charge in [0.25, 0.3) is 5.92 Å². The Labute approximate surface area is 85.7 Å². The maximum absolute atomic E-state index is 12.5. The van der Waals surface area contributed by atoms with E-state index in [0.717, 1.165) is 0 Å². The zero-order valence-corrected chi connectivity index (χ0v) is 8.01. The number of rotatable bonds is 5. The average Bonchev–Trinajstić information content (AvgIpc) is 2.21. The van der Waals surface area contributed by atoms with Gasteiger partial charge in [-0.25, -0.2) is 13.2 Å². The number of hydrogen-bond acceptors (Lipinski definition) is 2. The van der Waals surface area contributed by atoms with Crippen molar-refractivity contribution in [3.05, 3.63) is 35.6 Å². The van der Waals surface area contributed by atoms with Gasteiger partial charge in [-0.05, 0) is 17.7 Å². The molecule has 0 aliphatic heterocycles. The first-order chi connectivity index (χ1) is 7.03. The molecule has 84 valence electrons. The molecule has 0 amide bonds. The molecule has 1 rings (SSSR count). The van der Waals surface area contributed by atoms with Gasteiger partial charge in [-0.1, -0.05) is 12.1 Å². The summed E-state index contributed by atoms with van der Waals surface area (Å²) < 4.78 is 37.6. The monoisotopic (exact) mass is 219 g/mol. The van der Waals surface area contributed by atoms with E-state index in [9.17, 15) is 13.2 Å². The van der Waals surface area contributed by atoms with Crippen molar-refractivity contribution in [2.45, 2.75) is 12.5 Å². The summed E-state index contributed by atoms with van der Waals surface area (Å²) in [6.07, 6.45) is 0. The van der Waals surface area contributed by atoms with Crippen molar-refractivity contribution in [2.24, 2.45) is 0 Å². The predicted octanol–water partition coefficient (Wildman–Crippen LogP) is 1.54. The Morgan fingerprint density at radius 2 is 1.80 bits per heavy atom. The largest absolute Gasteiger partial charge is 0.390 e. The molecule has 0 unspecified atom stereocenters. The van der Waals surface area contributed by atoms with Crippen molar-refractivity contribution in [2.75, 3.05) is 13.2 Å². The number of aliphatic hydroxyl groups is 1. The van der Waals surface area contributed by atoms with Gasteiger partial charge in [0, 0.05) is 6.54 Å². The van der Waals surface area contributed by atoms with E-state index in [1.54, 1.807) is 0 Å². The van der Waals surface area contributed by atoms with E-state index >= 15 is 0 Å². The van der Waals surface area contributed by atoms with Crippen molar-refractivity contribution in [3.8, 4) is 0 Å². The first-order valence-electron chi connectivity index (χ1n) is 4.47. The van der Waals surface area contributed by atoms with Crippen LogP contribution < -0.4 is 5.32 Å². The van der Waals surface area contributed by atoms with Gasteiger partial charge in [-0.2, -0.15) is 0 Å². The van der Waals surface area contributed by atoms with Crippen LogP contribution in [0.4, 0.5) is 13.2 Å². The lowest BCUT2D eigenvalue weighted by molar-refractivity contribution is -0.0477. The van der Waals surface area contributed by atoms with Gasteiger partial charge < -0.3 is 10.4 Å². The van der Waals surface area contributed by atoms with E-state index in [2.05, 4.69) is 5.32 Å². The zero-order chi connectivity index (χ0) is 11.3. The molecular weight excluding hydrogens is 207 g/mol. The van der Waals surface area contributed by atoms with Crippen LogP contribution in [0.1, 0.15) is 5.56 Å². The van der Waals surface area contributed by atoms with Crippen LogP contribution in [-0.4, -0.2) is 24.2 Å². The highest BCUT2D eigenvalue weighted by Crippen LogP contribution is 2.10. The van der Waals surface area contributed by atoms with Crippen molar-refractivity contribution in [1.29, 1.82) is 0 Å². The molecule has 2 nitrogen and oxygen atoms in total. The number of aliphatic hydroxyl groups excluding tert-OH is 1. The van der Waals surface area contributed by atoms with Gasteiger partial charge in [-0.3, -0.25) is 0 Å². The minimum absolute atomic E-state index is 0.218. The zero-order valence-electron chi connectivity index (χ0n) is 8.01. The molecule has 2 N–H and O–H groups in total. The lowest BCUT2D eigenvalue weighted by Gasteiger charge is -2.13. The van der Waals surface area contributed by atoms with Gasteiger partial charge in [-0.15, -0.1) is 0 Å². The Kier molecular flexibility index (Phi) is 4.11. The number of hydrogen-bond donors (Lipinski definition) is 2. The van der Waals surface area contributed by atoms with Crippen molar-refractivity contribution < 1.29 is 18.3 Å². The summed E-state index contributed by atoms with van der Waals surface area (Å²) in [5.41, 5.74) is 0.713. The topological polar surface area (TPSA) is 32.3 Å². The Morgan fingerprint density at radius 1 is 1.20 bits per heavy atom. The Hall–Kier alpha value is -1.07. The van der Waals surface area contributed by atoms with E-state index in [0.29, 0.717) is 5.56 Å². The van der Waals surface area contributed by atoms with E-state index < -0.39 is 19.1 Å². The smallest absolute Gasteiger partial charge is 0.282 e. The van der Waals surface area contributed by atoms with Gasteiger partial charge >= 0.3 is 0 Å². The normalized spacial score (nSPS) is 11.7. The second-order valence-corrected chi connectivity index (χ2v) is 3.24. The summed E-state index contributed by atoms with van der Waals surface area (Å²) in [7, 11) is 0. The molecule has 0 spiro atoms. The van der Waals surface area contributed by atoms with Crippen LogP contribution in [-0.2, 0) is 6.54 Å². The lowest BCUT2D eigenvalue weighted by atomic mass is 10.2. The number of alkyl halides is 2. The van der Waals surface area contributed by atoms with Gasteiger partial charge in [0.05, 0.1) is 6.54 Å². The van der Waals surface area contributed by atoms with Crippen molar-refractivity contribution >= 4 is 0 Å². The van der Waals surface area contributed by atoms with Gasteiger partial charge in [0.15, 0.2) is 0 Å². The molecule has 0 heterocycles. The van der Waals surface area contributed by atoms with E-state index in [-0.39, 0.29) is 12.4 Å². The van der Waals surface area contributed by atoms with Crippen molar-refractivity contribution in [3.63, 3.8) is 0 Å². The third kappa shape index (κ3) is 4.31. The quantitative estimate of drug-likeness (QED) is 0.787. The highest BCUT2D eigenvalue weighted by Gasteiger charge is 2.26. The van der Waals surface area contributed by atoms with Crippen molar-refractivity contribution in [1.82, 2.24) is 5.32 Å². The fraction of sp³-hybridized carbons (Fsp3) is 0.400. The Bertz CT molecular complexity index is 300. The Morgan fingerprint density at radius 3 is 2.33 bits per heavy atom. The molecule has 0 bridgehead atoms. The lowest BCUT2D eigenvalue weighted by Crippen LogP contribution is -2.35. The third-order valence-electron chi connectivity index (χ3n) is 1.86. The second kappa shape index (κ2) is 5.14. The van der Waals surface area contributed by atoms with E-state index in [1.165, 1.54) is 24.3 Å². The average molecular weight is 219 g/mol. The maximum Gasteiger partial charge on any atom is 0.282 e. The van der Waals surface area contributed by atoms with Gasteiger partial charge in [0.1, 0.15) is 12.4 Å². The summed E-state index contributed by atoms with van der Waals surface area (Å²) in [5.74, 6) is -3.47. The van der Waals surface area contributed by atoms with Gasteiger partial charge in [0.2, 0.25) is 0 Å². The first kappa shape index (κ1) is 12.0. The summed E-state index contributed by atoms with van der Waals surface area (Å²) in [5, 5.41) is 10.8. The summed E-state index contributed by atoms with van der Waals surface area (Å²) in [4.78, 5) is 0. The van der Waals surface area contributed by atoms with Crippen LogP contribution in [0, 0.1) is 5.82 Å². The molecule has 0 saturated carbocycles. The number of halogens is 3. The maximum atomic E-state index is 12.5. The fourth-order valence-corrected chi connectivity index (χ4v) is 1.05. The predicted molar refractivity (Wildman–Crippen MR) is 50.1 cm³/mol. The molecule has 1 aromatic carbocycles. The van der Waals surface area contributed by atoms with Crippen LogP contribution in [0.25, 0.3) is 0 Å².